The van der Waals surface area contributed by atoms with Gasteiger partial charge < -0.3 is 0 Å². The highest BCUT2D eigenvalue weighted by Gasteiger charge is 2.15. The first-order valence-electron chi connectivity index (χ1n) is 9.43. The Balaban J connectivity index is 1.61. The van der Waals surface area contributed by atoms with Crippen molar-refractivity contribution < 1.29 is 0 Å². The van der Waals surface area contributed by atoms with Crippen LogP contribution in [-0.2, 0) is 0 Å². The lowest BCUT2D eigenvalue weighted by Crippen LogP contribution is -1.99. The third-order valence-electron chi connectivity index (χ3n) is 4.94. The van der Waals surface area contributed by atoms with Gasteiger partial charge in [0.25, 0.3) is 0 Å². The SMILES string of the molecule is c1ccc(-c2cccc(-c3nnc4c5cccnc5c5ncccc5c4n3)n2)nc1. The first-order valence-corrected chi connectivity index (χ1v) is 9.43. The Morgan fingerprint density at radius 1 is 0.433 bits per heavy atom. The molecule has 7 nitrogen and oxygen atoms in total. The van der Waals surface area contributed by atoms with Crippen LogP contribution < -0.4 is 0 Å². The first kappa shape index (κ1) is 16.6. The lowest BCUT2D eigenvalue weighted by molar-refractivity contribution is 1.02. The van der Waals surface area contributed by atoms with E-state index in [-0.39, 0.29) is 0 Å². The van der Waals surface area contributed by atoms with Crippen molar-refractivity contribution in [2.45, 2.75) is 0 Å². The average molecular weight is 387 g/mol. The summed E-state index contributed by atoms with van der Waals surface area (Å²) < 4.78 is 0. The Kier molecular flexibility index (Phi) is 3.64. The zero-order valence-corrected chi connectivity index (χ0v) is 15.6. The van der Waals surface area contributed by atoms with E-state index in [1.54, 1.807) is 18.6 Å². The molecule has 0 bridgehead atoms. The quantitative estimate of drug-likeness (QED) is 0.410. The van der Waals surface area contributed by atoms with Gasteiger partial charge in [-0.3, -0.25) is 15.0 Å². The van der Waals surface area contributed by atoms with Crippen molar-refractivity contribution in [2.75, 3.05) is 0 Å². The number of hydrogen-bond acceptors (Lipinski definition) is 7. The van der Waals surface area contributed by atoms with Gasteiger partial charge in [-0.15, -0.1) is 10.2 Å². The predicted molar refractivity (Wildman–Crippen MR) is 114 cm³/mol. The highest BCUT2D eigenvalue weighted by Crippen LogP contribution is 2.31. The maximum absolute atomic E-state index is 4.83. The lowest BCUT2D eigenvalue weighted by atomic mass is 10.1. The van der Waals surface area contributed by atoms with Crippen LogP contribution in [0.1, 0.15) is 0 Å². The fraction of sp³-hybridized carbons (Fsp3) is 0. The molecule has 5 heterocycles. The third-order valence-corrected chi connectivity index (χ3v) is 4.94. The Morgan fingerprint density at radius 2 is 1.13 bits per heavy atom. The average Bonchev–Trinajstić information content (AvgIpc) is 2.84. The van der Waals surface area contributed by atoms with Crippen molar-refractivity contribution in [3.8, 4) is 22.9 Å². The van der Waals surface area contributed by atoms with Gasteiger partial charge in [-0.2, -0.15) is 0 Å². The Labute approximate surface area is 170 Å². The van der Waals surface area contributed by atoms with Gasteiger partial charge >= 0.3 is 0 Å². The molecular formula is C23H13N7. The van der Waals surface area contributed by atoms with Crippen LogP contribution in [0.2, 0.25) is 0 Å². The van der Waals surface area contributed by atoms with Crippen LogP contribution in [0.3, 0.4) is 0 Å². The molecule has 0 saturated carbocycles. The number of hydrogen-bond donors (Lipinski definition) is 0. The van der Waals surface area contributed by atoms with Crippen LogP contribution in [0.15, 0.2) is 79.3 Å². The molecule has 6 aromatic rings. The maximum Gasteiger partial charge on any atom is 0.201 e. The van der Waals surface area contributed by atoms with Gasteiger partial charge in [0, 0.05) is 29.4 Å². The van der Waals surface area contributed by atoms with Gasteiger partial charge in [0.2, 0.25) is 5.82 Å². The number of aromatic nitrogens is 7. The van der Waals surface area contributed by atoms with Crippen LogP contribution in [-0.4, -0.2) is 35.1 Å². The van der Waals surface area contributed by atoms with Crippen molar-refractivity contribution in [2.24, 2.45) is 0 Å². The molecule has 0 atom stereocenters. The van der Waals surface area contributed by atoms with Crippen molar-refractivity contribution >= 4 is 32.8 Å². The van der Waals surface area contributed by atoms with Crippen molar-refractivity contribution in [1.29, 1.82) is 0 Å². The van der Waals surface area contributed by atoms with Crippen molar-refractivity contribution in [3.63, 3.8) is 0 Å². The molecule has 140 valence electrons. The summed E-state index contributed by atoms with van der Waals surface area (Å²) in [4.78, 5) is 23.0. The van der Waals surface area contributed by atoms with Crippen molar-refractivity contribution in [1.82, 2.24) is 35.1 Å². The summed E-state index contributed by atoms with van der Waals surface area (Å²) in [5, 5.41) is 10.6. The van der Waals surface area contributed by atoms with Crippen LogP contribution in [0.5, 0.6) is 0 Å². The highest BCUT2D eigenvalue weighted by molar-refractivity contribution is 6.20. The van der Waals surface area contributed by atoms with Gasteiger partial charge in [-0.25, -0.2) is 9.97 Å². The molecule has 30 heavy (non-hydrogen) atoms. The standard InChI is InChI=1S/C23H13N7/c1-2-11-24-16(8-1)17-9-3-10-18(27-17)23-28-21-14-6-4-12-25-19(14)20-15(7-5-13-26-20)22(21)29-30-23/h1-13H. The van der Waals surface area contributed by atoms with Gasteiger partial charge in [0.05, 0.1) is 22.4 Å². The lowest BCUT2D eigenvalue weighted by Gasteiger charge is -2.08. The molecule has 0 aliphatic rings. The summed E-state index contributed by atoms with van der Waals surface area (Å²) in [6, 6.07) is 19.2. The summed E-state index contributed by atoms with van der Waals surface area (Å²) in [6.45, 7) is 0. The summed E-state index contributed by atoms with van der Waals surface area (Å²) in [5.41, 5.74) is 5.19. The molecule has 0 saturated heterocycles. The minimum absolute atomic E-state index is 0.452. The number of pyridine rings is 4. The molecule has 6 rings (SSSR count). The van der Waals surface area contributed by atoms with Gasteiger partial charge in [0.1, 0.15) is 16.7 Å². The van der Waals surface area contributed by atoms with Crippen LogP contribution in [0, 0.1) is 0 Å². The molecule has 1 aromatic carbocycles. The molecule has 7 heteroatoms. The largest absolute Gasteiger partial charge is 0.255 e. The van der Waals surface area contributed by atoms with Gasteiger partial charge in [0.15, 0.2) is 0 Å². The first-order chi connectivity index (χ1) is 14.9. The zero-order chi connectivity index (χ0) is 19.9. The van der Waals surface area contributed by atoms with Crippen LogP contribution >= 0.6 is 0 Å². The van der Waals surface area contributed by atoms with Crippen molar-refractivity contribution in [3.05, 3.63) is 79.3 Å². The third kappa shape index (κ3) is 2.56. The molecule has 0 unspecified atom stereocenters. The molecule has 5 aromatic heterocycles. The number of rotatable bonds is 2. The van der Waals surface area contributed by atoms with Gasteiger partial charge in [-0.1, -0.05) is 12.1 Å². The molecular weight excluding hydrogens is 374 g/mol. The van der Waals surface area contributed by atoms with E-state index in [0.717, 1.165) is 38.7 Å². The highest BCUT2D eigenvalue weighted by atomic mass is 15.2. The van der Waals surface area contributed by atoms with Crippen LogP contribution in [0.25, 0.3) is 55.7 Å². The second kappa shape index (κ2) is 6.59. The summed E-state index contributed by atoms with van der Waals surface area (Å²) in [7, 11) is 0. The van der Waals surface area contributed by atoms with E-state index in [0.29, 0.717) is 17.0 Å². The zero-order valence-electron chi connectivity index (χ0n) is 15.6. The molecule has 0 fully saturated rings. The minimum Gasteiger partial charge on any atom is -0.255 e. The Morgan fingerprint density at radius 3 is 1.90 bits per heavy atom. The summed E-state index contributed by atoms with van der Waals surface area (Å²) in [5.74, 6) is 0.452. The fourth-order valence-electron chi connectivity index (χ4n) is 3.59. The summed E-state index contributed by atoms with van der Waals surface area (Å²) >= 11 is 0. The smallest absolute Gasteiger partial charge is 0.201 e. The van der Waals surface area contributed by atoms with E-state index in [1.165, 1.54) is 0 Å². The number of fused-ring (bicyclic) bond motifs is 6. The minimum atomic E-state index is 0.452. The topological polar surface area (TPSA) is 90.2 Å². The van der Waals surface area contributed by atoms with Crippen LogP contribution in [0.4, 0.5) is 0 Å². The second-order valence-electron chi connectivity index (χ2n) is 6.75. The molecule has 0 aliphatic heterocycles. The van der Waals surface area contributed by atoms with E-state index in [2.05, 4.69) is 25.1 Å². The van der Waals surface area contributed by atoms with E-state index in [1.807, 2.05) is 60.7 Å². The maximum atomic E-state index is 4.83. The second-order valence-corrected chi connectivity index (χ2v) is 6.75. The number of benzene rings is 1. The van der Waals surface area contributed by atoms with E-state index >= 15 is 0 Å². The molecule has 0 aliphatic carbocycles. The Bertz CT molecular complexity index is 1510. The van der Waals surface area contributed by atoms with Gasteiger partial charge in [-0.05, 0) is 48.5 Å². The fourth-order valence-corrected chi connectivity index (χ4v) is 3.59. The Hall–Kier alpha value is -4.39. The van der Waals surface area contributed by atoms with E-state index in [4.69, 9.17) is 9.97 Å². The number of nitrogens with zero attached hydrogens (tertiary/aromatic N) is 7. The molecule has 0 amide bonds. The molecule has 0 N–H and O–H groups in total. The monoisotopic (exact) mass is 387 g/mol. The van der Waals surface area contributed by atoms with E-state index in [9.17, 15) is 0 Å². The molecule has 0 radical (unpaired) electrons. The normalized spacial score (nSPS) is 11.3. The van der Waals surface area contributed by atoms with E-state index < -0.39 is 0 Å². The molecule has 0 spiro atoms. The predicted octanol–water partition coefficient (Wildman–Crippen LogP) is 4.25. The summed E-state index contributed by atoms with van der Waals surface area (Å²) in [6.07, 6.45) is 5.26.